The molecule has 0 spiro atoms. The summed E-state index contributed by atoms with van der Waals surface area (Å²) in [4.78, 5) is 26.6. The average Bonchev–Trinajstić information content (AvgIpc) is 3.22. The number of carbonyl (C=O) groups excluding carboxylic acids is 1. The number of hydrogen-bond donors (Lipinski definition) is 3. The highest BCUT2D eigenvalue weighted by molar-refractivity contribution is 5.87. The Bertz CT molecular complexity index is 965. The zero-order valence-corrected chi connectivity index (χ0v) is 17.0. The smallest absolute Gasteiger partial charge is 0.239 e. The van der Waals surface area contributed by atoms with Crippen LogP contribution in [0.5, 0.6) is 0 Å². The molecule has 0 radical (unpaired) electrons. The summed E-state index contributed by atoms with van der Waals surface area (Å²) in [5.74, 6) is 1.45. The van der Waals surface area contributed by atoms with Crippen molar-refractivity contribution < 1.29 is 4.79 Å². The van der Waals surface area contributed by atoms with Crippen LogP contribution in [0, 0.1) is 0 Å². The number of nitrogens with zero attached hydrogens (tertiary/aromatic N) is 3. The number of hydrogen-bond acceptors (Lipinski definition) is 5. The monoisotopic (exact) mass is 392 g/mol. The second kappa shape index (κ2) is 8.51. The van der Waals surface area contributed by atoms with E-state index in [2.05, 4.69) is 56.5 Å². The van der Waals surface area contributed by atoms with Crippen LogP contribution >= 0.6 is 0 Å². The number of rotatable bonds is 6. The average molecular weight is 393 g/mol. The molecule has 7 nitrogen and oxygen atoms in total. The minimum absolute atomic E-state index is 0.0132. The first kappa shape index (κ1) is 19.2. The molecule has 1 fully saturated rings. The molecule has 3 N–H and O–H groups in total. The molecule has 4 rings (SSSR count). The van der Waals surface area contributed by atoms with Crippen LogP contribution in [0.25, 0.3) is 11.0 Å². The minimum Gasteiger partial charge on any atom is -0.376 e. The van der Waals surface area contributed by atoms with Gasteiger partial charge in [-0.05, 0) is 42.5 Å². The molecule has 152 valence electrons. The van der Waals surface area contributed by atoms with Gasteiger partial charge in [-0.3, -0.25) is 4.79 Å². The largest absolute Gasteiger partial charge is 0.376 e. The van der Waals surface area contributed by atoms with Crippen molar-refractivity contribution in [3.05, 3.63) is 48.4 Å². The number of fused-ring (bicyclic) bond motifs is 1. The van der Waals surface area contributed by atoms with Crippen molar-refractivity contribution in [3.8, 4) is 0 Å². The van der Waals surface area contributed by atoms with E-state index in [1.807, 2.05) is 24.4 Å². The lowest BCUT2D eigenvalue weighted by Crippen LogP contribution is -2.49. The summed E-state index contributed by atoms with van der Waals surface area (Å²) in [5, 5.41) is 7.40. The summed E-state index contributed by atoms with van der Waals surface area (Å²) in [5.41, 5.74) is 3.10. The quantitative estimate of drug-likeness (QED) is 0.599. The van der Waals surface area contributed by atoms with E-state index in [1.54, 1.807) is 6.33 Å². The van der Waals surface area contributed by atoms with Gasteiger partial charge in [0.2, 0.25) is 5.91 Å². The molecule has 7 heteroatoms. The van der Waals surface area contributed by atoms with Crippen LogP contribution in [-0.4, -0.2) is 46.5 Å². The van der Waals surface area contributed by atoms with E-state index in [-0.39, 0.29) is 18.5 Å². The van der Waals surface area contributed by atoms with Gasteiger partial charge >= 0.3 is 0 Å². The van der Waals surface area contributed by atoms with Gasteiger partial charge in [-0.15, -0.1) is 0 Å². The van der Waals surface area contributed by atoms with Crippen LogP contribution < -0.4 is 15.5 Å². The third-order valence-corrected chi connectivity index (χ3v) is 5.45. The van der Waals surface area contributed by atoms with E-state index < -0.39 is 0 Å². The second-order valence-electron chi connectivity index (χ2n) is 7.92. The number of carbonyl (C=O) groups is 1. The third-order valence-electron chi connectivity index (χ3n) is 5.45. The lowest BCUT2D eigenvalue weighted by molar-refractivity contribution is -0.120. The fourth-order valence-electron chi connectivity index (χ4n) is 3.84. The first-order valence-corrected chi connectivity index (χ1v) is 10.3. The number of amides is 1. The molecular formula is C22H28N6O. The van der Waals surface area contributed by atoms with Crippen molar-refractivity contribution in [2.24, 2.45) is 0 Å². The minimum atomic E-state index is 0.0132. The number of anilines is 2. The van der Waals surface area contributed by atoms with Gasteiger partial charge in [0.25, 0.3) is 0 Å². The first-order chi connectivity index (χ1) is 14.1. The normalized spacial score (nSPS) is 16.9. The number of aromatic nitrogens is 3. The predicted octanol–water partition coefficient (Wildman–Crippen LogP) is 3.28. The maximum absolute atomic E-state index is 12.5. The van der Waals surface area contributed by atoms with Crippen LogP contribution in [-0.2, 0) is 4.79 Å². The van der Waals surface area contributed by atoms with Crippen LogP contribution in [0.15, 0.2) is 42.9 Å². The zero-order chi connectivity index (χ0) is 20.2. The maximum atomic E-state index is 12.5. The number of nitrogens with one attached hydrogen (secondary N) is 3. The van der Waals surface area contributed by atoms with Gasteiger partial charge in [0.15, 0.2) is 0 Å². The van der Waals surface area contributed by atoms with E-state index in [0.29, 0.717) is 5.92 Å². The Morgan fingerprint density at radius 2 is 2.07 bits per heavy atom. The zero-order valence-electron chi connectivity index (χ0n) is 17.0. The van der Waals surface area contributed by atoms with Crippen LogP contribution in [0.2, 0.25) is 0 Å². The van der Waals surface area contributed by atoms with Crippen molar-refractivity contribution in [1.82, 2.24) is 20.3 Å². The fourth-order valence-corrected chi connectivity index (χ4v) is 3.84. The Kier molecular flexibility index (Phi) is 5.64. The molecular weight excluding hydrogens is 364 g/mol. The Morgan fingerprint density at radius 3 is 2.86 bits per heavy atom. The number of piperidine rings is 1. The van der Waals surface area contributed by atoms with Gasteiger partial charge in [-0.2, -0.15) is 0 Å². The van der Waals surface area contributed by atoms with Crippen molar-refractivity contribution >= 4 is 28.4 Å². The summed E-state index contributed by atoms with van der Waals surface area (Å²) in [6.07, 6.45) is 5.47. The lowest BCUT2D eigenvalue weighted by Gasteiger charge is -2.34. The third kappa shape index (κ3) is 4.50. The number of aromatic amines is 1. The molecule has 1 amide bonds. The Labute approximate surface area is 170 Å². The Morgan fingerprint density at radius 1 is 1.24 bits per heavy atom. The maximum Gasteiger partial charge on any atom is 0.239 e. The van der Waals surface area contributed by atoms with Gasteiger partial charge in [0, 0.05) is 31.0 Å². The molecule has 29 heavy (non-hydrogen) atoms. The fraction of sp³-hybridized carbons (Fsp3) is 0.409. The summed E-state index contributed by atoms with van der Waals surface area (Å²) < 4.78 is 0. The van der Waals surface area contributed by atoms with E-state index in [0.717, 1.165) is 48.5 Å². The van der Waals surface area contributed by atoms with Gasteiger partial charge in [-0.1, -0.05) is 26.0 Å². The Hall–Kier alpha value is -3.09. The standard InChI is InChI=1S/C22H28N6O/c1-15(2)16-5-7-17(8-6-16)24-12-20(29)27-18-4-3-11-28(13-18)22-19-9-10-23-21(19)25-14-26-22/h5-10,14-15,18,24H,3-4,11-13H2,1-2H3,(H,27,29)(H,23,25,26)/t18-/m1/s1. The van der Waals surface area contributed by atoms with Crippen LogP contribution in [0.1, 0.15) is 38.2 Å². The van der Waals surface area contributed by atoms with E-state index in [4.69, 9.17) is 0 Å². The molecule has 1 atom stereocenters. The SMILES string of the molecule is CC(C)c1ccc(NCC(=O)N[C@@H]2CCCN(c3ncnc4[nH]ccc34)C2)cc1. The molecule has 0 saturated carbocycles. The van der Waals surface area contributed by atoms with Gasteiger partial charge in [-0.25, -0.2) is 9.97 Å². The van der Waals surface area contributed by atoms with Crippen molar-refractivity contribution in [2.45, 2.75) is 38.6 Å². The van der Waals surface area contributed by atoms with Crippen molar-refractivity contribution in [1.29, 1.82) is 0 Å². The second-order valence-corrected chi connectivity index (χ2v) is 7.92. The predicted molar refractivity (Wildman–Crippen MR) is 116 cm³/mol. The van der Waals surface area contributed by atoms with E-state index in [9.17, 15) is 4.79 Å². The molecule has 2 aromatic heterocycles. The van der Waals surface area contributed by atoms with E-state index >= 15 is 0 Å². The Balaban J connectivity index is 1.32. The van der Waals surface area contributed by atoms with E-state index in [1.165, 1.54) is 5.56 Å². The number of benzene rings is 1. The molecule has 1 aliphatic heterocycles. The molecule has 0 unspecified atom stereocenters. The summed E-state index contributed by atoms with van der Waals surface area (Å²) in [6.45, 7) is 6.31. The molecule has 1 saturated heterocycles. The highest BCUT2D eigenvalue weighted by Gasteiger charge is 2.23. The van der Waals surface area contributed by atoms with Crippen molar-refractivity contribution in [3.63, 3.8) is 0 Å². The highest BCUT2D eigenvalue weighted by atomic mass is 16.2. The molecule has 1 aliphatic rings. The lowest BCUT2D eigenvalue weighted by atomic mass is 10.0. The van der Waals surface area contributed by atoms with Gasteiger partial charge < -0.3 is 20.5 Å². The first-order valence-electron chi connectivity index (χ1n) is 10.3. The molecule has 0 aliphatic carbocycles. The van der Waals surface area contributed by atoms with Gasteiger partial charge in [0.05, 0.1) is 11.9 Å². The van der Waals surface area contributed by atoms with Crippen LogP contribution in [0.3, 0.4) is 0 Å². The molecule has 3 heterocycles. The van der Waals surface area contributed by atoms with Gasteiger partial charge in [0.1, 0.15) is 17.8 Å². The summed E-state index contributed by atoms with van der Waals surface area (Å²) in [7, 11) is 0. The number of H-pyrrole nitrogens is 1. The molecule has 0 bridgehead atoms. The molecule has 1 aromatic carbocycles. The summed E-state index contributed by atoms with van der Waals surface area (Å²) in [6, 6.07) is 10.4. The molecule has 3 aromatic rings. The highest BCUT2D eigenvalue weighted by Crippen LogP contribution is 2.25. The summed E-state index contributed by atoms with van der Waals surface area (Å²) >= 11 is 0. The topological polar surface area (TPSA) is 85.9 Å². The van der Waals surface area contributed by atoms with Crippen LogP contribution in [0.4, 0.5) is 11.5 Å². The van der Waals surface area contributed by atoms with Crippen molar-refractivity contribution in [2.75, 3.05) is 29.9 Å².